The molecule has 6 atom stereocenters. The summed E-state index contributed by atoms with van der Waals surface area (Å²) in [7, 11) is 0. The highest BCUT2D eigenvalue weighted by Gasteiger charge is 2.48. The number of amides is 1. The largest absolute Gasteiger partial charge is 0.458 e. The second-order valence-corrected chi connectivity index (χ2v) is 9.17. The standard InChI is InChI=1S/C17H20F3IN2O5/c18-17(19,20)12-7-15(24)28-14-5-8(1-3-10(12)14)22-16(25)11-6-9(23(26)27)2-4-13(11)21/h7-11,13-14H,1-6H2,(H,22,25). The van der Waals surface area contributed by atoms with Gasteiger partial charge >= 0.3 is 12.1 Å². The van der Waals surface area contributed by atoms with Crippen LogP contribution in [0.5, 0.6) is 0 Å². The molecule has 3 aliphatic rings. The summed E-state index contributed by atoms with van der Waals surface area (Å²) in [6, 6.07) is -1.18. The highest BCUT2D eigenvalue weighted by molar-refractivity contribution is 14.1. The van der Waals surface area contributed by atoms with Crippen molar-refractivity contribution in [1.29, 1.82) is 0 Å². The molecule has 1 amide bonds. The fraction of sp³-hybridized carbons (Fsp3) is 0.765. The summed E-state index contributed by atoms with van der Waals surface area (Å²) in [5.41, 5.74) is -0.869. The van der Waals surface area contributed by atoms with Gasteiger partial charge in [0.15, 0.2) is 0 Å². The van der Waals surface area contributed by atoms with Crippen molar-refractivity contribution < 1.29 is 32.4 Å². The molecule has 0 spiro atoms. The van der Waals surface area contributed by atoms with E-state index < -0.39 is 47.7 Å². The number of hydrogen-bond donors (Lipinski definition) is 1. The molecule has 156 valence electrons. The fourth-order valence-corrected chi connectivity index (χ4v) is 5.32. The molecule has 6 unspecified atom stereocenters. The number of ether oxygens (including phenoxy) is 1. The van der Waals surface area contributed by atoms with Crippen molar-refractivity contribution in [2.75, 3.05) is 0 Å². The lowest BCUT2D eigenvalue weighted by molar-refractivity contribution is -0.527. The van der Waals surface area contributed by atoms with E-state index in [0.717, 1.165) is 0 Å². The van der Waals surface area contributed by atoms with Gasteiger partial charge in [-0.3, -0.25) is 14.9 Å². The molecule has 2 aliphatic carbocycles. The van der Waals surface area contributed by atoms with E-state index in [9.17, 15) is 32.9 Å². The number of hydrogen-bond acceptors (Lipinski definition) is 5. The average Bonchev–Trinajstić information content (AvgIpc) is 2.60. The Bertz CT molecular complexity index is 699. The van der Waals surface area contributed by atoms with Crippen molar-refractivity contribution >= 4 is 34.5 Å². The van der Waals surface area contributed by atoms with Gasteiger partial charge < -0.3 is 10.1 Å². The molecule has 1 heterocycles. The first-order valence-corrected chi connectivity index (χ1v) is 10.4. The predicted octanol–water partition coefficient (Wildman–Crippen LogP) is 2.93. The molecule has 2 saturated carbocycles. The number of nitrogens with one attached hydrogen (secondary N) is 1. The van der Waals surface area contributed by atoms with E-state index >= 15 is 0 Å². The Hall–Kier alpha value is -1.40. The van der Waals surface area contributed by atoms with Gasteiger partial charge in [0.1, 0.15) is 6.10 Å². The van der Waals surface area contributed by atoms with Gasteiger partial charge in [-0.2, -0.15) is 13.2 Å². The van der Waals surface area contributed by atoms with E-state index in [-0.39, 0.29) is 34.0 Å². The van der Waals surface area contributed by atoms with E-state index in [0.29, 0.717) is 25.3 Å². The first-order valence-electron chi connectivity index (χ1n) is 9.13. The van der Waals surface area contributed by atoms with Crippen molar-refractivity contribution in [3.05, 3.63) is 21.8 Å². The number of nitro groups is 1. The molecule has 28 heavy (non-hydrogen) atoms. The summed E-state index contributed by atoms with van der Waals surface area (Å²) < 4.78 is 44.6. The highest BCUT2D eigenvalue weighted by Crippen LogP contribution is 2.43. The molecule has 1 N–H and O–H groups in total. The zero-order valence-electron chi connectivity index (χ0n) is 14.8. The van der Waals surface area contributed by atoms with Gasteiger partial charge in [-0.25, -0.2) is 4.79 Å². The number of fused-ring (bicyclic) bond motifs is 1. The van der Waals surface area contributed by atoms with Gasteiger partial charge in [0.2, 0.25) is 11.9 Å². The number of carbonyl (C=O) groups is 2. The van der Waals surface area contributed by atoms with Crippen LogP contribution in [-0.4, -0.2) is 45.1 Å². The third kappa shape index (κ3) is 4.60. The summed E-state index contributed by atoms with van der Waals surface area (Å²) in [5, 5.41) is 13.9. The second kappa shape index (κ2) is 8.15. The Morgan fingerprint density at radius 2 is 1.96 bits per heavy atom. The smallest absolute Gasteiger partial charge is 0.413 e. The molecular formula is C17H20F3IN2O5. The lowest BCUT2D eigenvalue weighted by Gasteiger charge is -2.40. The SMILES string of the molecule is O=C1C=C(C(F)(F)F)C2CCC(NC(=O)C3CC([N+](=O)[O-])CCC3I)CC2O1. The third-order valence-electron chi connectivity index (χ3n) is 5.78. The predicted molar refractivity (Wildman–Crippen MR) is 99.2 cm³/mol. The molecule has 3 rings (SSSR count). The molecule has 0 aromatic rings. The molecule has 0 bridgehead atoms. The van der Waals surface area contributed by atoms with Gasteiger partial charge in [0.25, 0.3) is 0 Å². The van der Waals surface area contributed by atoms with Crippen LogP contribution in [0.25, 0.3) is 0 Å². The molecule has 7 nitrogen and oxygen atoms in total. The molecule has 1 aliphatic heterocycles. The van der Waals surface area contributed by atoms with E-state index in [1.54, 1.807) is 0 Å². The van der Waals surface area contributed by atoms with Crippen LogP contribution >= 0.6 is 22.6 Å². The quantitative estimate of drug-likeness (QED) is 0.205. The first kappa shape index (κ1) is 21.3. The van der Waals surface area contributed by atoms with Crippen LogP contribution in [0.3, 0.4) is 0 Å². The number of alkyl halides is 4. The normalized spacial score (nSPS) is 36.0. The van der Waals surface area contributed by atoms with E-state index in [2.05, 4.69) is 27.9 Å². The molecule has 2 fully saturated rings. The van der Waals surface area contributed by atoms with Gasteiger partial charge in [-0.15, -0.1) is 0 Å². The summed E-state index contributed by atoms with van der Waals surface area (Å²) in [4.78, 5) is 34.9. The summed E-state index contributed by atoms with van der Waals surface area (Å²) >= 11 is 2.12. The summed E-state index contributed by atoms with van der Waals surface area (Å²) in [6.45, 7) is 0. The maximum absolute atomic E-state index is 13.2. The Labute approximate surface area is 172 Å². The average molecular weight is 516 g/mol. The highest BCUT2D eigenvalue weighted by atomic mass is 127. The molecular weight excluding hydrogens is 496 g/mol. The molecule has 0 aromatic heterocycles. The first-order chi connectivity index (χ1) is 13.1. The van der Waals surface area contributed by atoms with Crippen molar-refractivity contribution in [2.24, 2.45) is 11.8 Å². The summed E-state index contributed by atoms with van der Waals surface area (Å²) in [5.74, 6) is -2.77. The van der Waals surface area contributed by atoms with Crippen LogP contribution in [-0.2, 0) is 14.3 Å². The Kier molecular flexibility index (Phi) is 6.20. The fourth-order valence-electron chi connectivity index (χ4n) is 4.34. The minimum Gasteiger partial charge on any atom is -0.458 e. The Morgan fingerprint density at radius 3 is 2.61 bits per heavy atom. The zero-order chi connectivity index (χ0) is 20.6. The van der Waals surface area contributed by atoms with Crippen LogP contribution in [0, 0.1) is 22.0 Å². The van der Waals surface area contributed by atoms with Crippen molar-refractivity contribution in [3.8, 4) is 0 Å². The topological polar surface area (TPSA) is 98.5 Å². The van der Waals surface area contributed by atoms with Crippen molar-refractivity contribution in [1.82, 2.24) is 5.32 Å². The number of esters is 1. The zero-order valence-corrected chi connectivity index (χ0v) is 16.9. The molecule has 11 heteroatoms. The number of carbonyl (C=O) groups excluding carboxylic acids is 2. The Balaban J connectivity index is 1.63. The van der Waals surface area contributed by atoms with Crippen LogP contribution < -0.4 is 5.32 Å². The maximum Gasteiger partial charge on any atom is 0.413 e. The van der Waals surface area contributed by atoms with Crippen LogP contribution in [0.2, 0.25) is 0 Å². The van der Waals surface area contributed by atoms with Gasteiger partial charge in [0, 0.05) is 51.7 Å². The van der Waals surface area contributed by atoms with E-state index in [1.807, 2.05) is 0 Å². The number of nitrogens with zero attached hydrogens (tertiary/aromatic N) is 1. The van der Waals surface area contributed by atoms with Crippen molar-refractivity contribution in [3.63, 3.8) is 0 Å². The van der Waals surface area contributed by atoms with E-state index in [4.69, 9.17) is 4.74 Å². The third-order valence-corrected chi connectivity index (χ3v) is 7.27. The number of rotatable bonds is 3. The molecule has 0 aromatic carbocycles. The van der Waals surface area contributed by atoms with Crippen LogP contribution in [0.1, 0.15) is 38.5 Å². The molecule has 0 saturated heterocycles. The monoisotopic (exact) mass is 516 g/mol. The second-order valence-electron chi connectivity index (χ2n) is 7.57. The maximum atomic E-state index is 13.2. The van der Waals surface area contributed by atoms with Gasteiger partial charge in [0.05, 0.1) is 5.92 Å². The minimum atomic E-state index is -4.59. The van der Waals surface area contributed by atoms with Gasteiger partial charge in [-0.1, -0.05) is 22.6 Å². The molecule has 0 radical (unpaired) electrons. The van der Waals surface area contributed by atoms with Gasteiger partial charge in [-0.05, 0) is 19.3 Å². The number of halogens is 4. The van der Waals surface area contributed by atoms with E-state index in [1.165, 1.54) is 0 Å². The van der Waals surface area contributed by atoms with Crippen LogP contribution in [0.4, 0.5) is 13.2 Å². The van der Waals surface area contributed by atoms with Crippen molar-refractivity contribution in [2.45, 2.75) is 66.8 Å². The lowest BCUT2D eigenvalue weighted by Crippen LogP contribution is -2.50. The summed E-state index contributed by atoms with van der Waals surface area (Å²) in [6.07, 6.45) is -3.28. The minimum absolute atomic E-state index is 0.0302. The lowest BCUT2D eigenvalue weighted by atomic mass is 9.77. The van der Waals surface area contributed by atoms with Crippen LogP contribution in [0.15, 0.2) is 11.6 Å². The Morgan fingerprint density at radius 1 is 1.25 bits per heavy atom.